The van der Waals surface area contributed by atoms with E-state index in [0.29, 0.717) is 5.92 Å². The topological polar surface area (TPSA) is 20.2 Å². The molecule has 1 heteroatoms. The zero-order valence-corrected chi connectivity index (χ0v) is 8.05. The molecule has 0 aromatic rings. The molecule has 0 aliphatic heterocycles. The number of hydrogen-bond acceptors (Lipinski definition) is 1. The largest absolute Gasteiger partial charge is 0.390 e. The van der Waals surface area contributed by atoms with Crippen LogP contribution in [0.25, 0.3) is 0 Å². The van der Waals surface area contributed by atoms with Gasteiger partial charge in [0, 0.05) is 0 Å². The molecule has 0 radical (unpaired) electrons. The third kappa shape index (κ3) is 1.39. The van der Waals surface area contributed by atoms with Crippen molar-refractivity contribution in [3.05, 3.63) is 0 Å². The van der Waals surface area contributed by atoms with Crippen molar-refractivity contribution in [2.45, 2.75) is 57.5 Å². The highest BCUT2D eigenvalue weighted by Gasteiger charge is 2.41. The monoisotopic (exact) mass is 168 g/mol. The molecule has 2 atom stereocenters. The summed E-state index contributed by atoms with van der Waals surface area (Å²) in [7, 11) is 0. The maximum atomic E-state index is 10.2. The number of hydrogen-bond donors (Lipinski definition) is 1. The van der Waals surface area contributed by atoms with Crippen LogP contribution in [0.4, 0.5) is 0 Å². The predicted octanol–water partition coefficient (Wildman–Crippen LogP) is 2.73. The van der Waals surface area contributed by atoms with Crippen molar-refractivity contribution in [2.24, 2.45) is 11.8 Å². The van der Waals surface area contributed by atoms with Crippen LogP contribution in [-0.4, -0.2) is 10.7 Å². The lowest BCUT2D eigenvalue weighted by atomic mass is 9.64. The van der Waals surface area contributed by atoms with E-state index in [4.69, 9.17) is 0 Å². The molecule has 2 unspecified atom stereocenters. The van der Waals surface area contributed by atoms with E-state index in [9.17, 15) is 5.11 Å². The Hall–Kier alpha value is -0.0400. The summed E-state index contributed by atoms with van der Waals surface area (Å²) in [4.78, 5) is 0. The predicted molar refractivity (Wildman–Crippen MR) is 49.9 cm³/mol. The van der Waals surface area contributed by atoms with E-state index in [1.165, 1.54) is 38.5 Å². The Morgan fingerprint density at radius 3 is 2.33 bits per heavy atom. The standard InChI is InChI=1S/C11H20O/c1-11(12)8-3-2-7-10(11)9-5-4-6-9/h9-10,12H,2-8H2,1H3. The van der Waals surface area contributed by atoms with Crippen LogP contribution >= 0.6 is 0 Å². The van der Waals surface area contributed by atoms with E-state index in [2.05, 4.69) is 6.92 Å². The second kappa shape index (κ2) is 3.02. The second-order valence-electron chi connectivity index (χ2n) is 4.90. The minimum Gasteiger partial charge on any atom is -0.390 e. The molecule has 1 N–H and O–H groups in total. The lowest BCUT2D eigenvalue weighted by Gasteiger charge is -2.45. The van der Waals surface area contributed by atoms with Gasteiger partial charge in [-0.1, -0.05) is 32.1 Å². The molecule has 2 aliphatic rings. The van der Waals surface area contributed by atoms with Gasteiger partial charge in [0.05, 0.1) is 5.60 Å². The number of aliphatic hydroxyl groups is 1. The second-order valence-corrected chi connectivity index (χ2v) is 4.90. The van der Waals surface area contributed by atoms with Crippen LogP contribution in [0.3, 0.4) is 0 Å². The summed E-state index contributed by atoms with van der Waals surface area (Å²) in [6.07, 6.45) is 9.04. The van der Waals surface area contributed by atoms with Crippen molar-refractivity contribution in [3.8, 4) is 0 Å². The van der Waals surface area contributed by atoms with Crippen molar-refractivity contribution in [2.75, 3.05) is 0 Å². The number of rotatable bonds is 1. The molecule has 0 aromatic heterocycles. The molecule has 0 spiro atoms. The maximum Gasteiger partial charge on any atom is 0.0650 e. The third-order valence-corrected chi connectivity index (χ3v) is 3.97. The van der Waals surface area contributed by atoms with Gasteiger partial charge in [0.25, 0.3) is 0 Å². The molecule has 2 saturated carbocycles. The summed E-state index contributed by atoms with van der Waals surface area (Å²) in [5.74, 6) is 1.49. The third-order valence-electron chi connectivity index (χ3n) is 3.97. The first-order valence-corrected chi connectivity index (χ1v) is 5.42. The highest BCUT2D eigenvalue weighted by Crippen LogP contribution is 2.45. The van der Waals surface area contributed by atoms with Gasteiger partial charge in [-0.15, -0.1) is 0 Å². The van der Waals surface area contributed by atoms with Gasteiger partial charge in [-0.2, -0.15) is 0 Å². The Kier molecular flexibility index (Phi) is 2.16. The summed E-state index contributed by atoms with van der Waals surface area (Å²) in [5, 5.41) is 10.2. The van der Waals surface area contributed by atoms with E-state index in [-0.39, 0.29) is 5.60 Å². The summed E-state index contributed by atoms with van der Waals surface area (Å²) in [5.41, 5.74) is -0.330. The highest BCUT2D eigenvalue weighted by atomic mass is 16.3. The van der Waals surface area contributed by atoms with Gasteiger partial charge in [0.1, 0.15) is 0 Å². The van der Waals surface area contributed by atoms with Gasteiger partial charge in [-0.25, -0.2) is 0 Å². The molecule has 0 saturated heterocycles. The Balaban J connectivity index is 2.00. The molecule has 70 valence electrons. The molecule has 0 aromatic carbocycles. The molecule has 2 aliphatic carbocycles. The summed E-state index contributed by atoms with van der Waals surface area (Å²) >= 11 is 0. The smallest absolute Gasteiger partial charge is 0.0650 e. The van der Waals surface area contributed by atoms with Gasteiger partial charge < -0.3 is 5.11 Å². The zero-order chi connectivity index (χ0) is 8.60. The normalized spacial score (nSPS) is 44.0. The Morgan fingerprint density at radius 1 is 1.08 bits per heavy atom. The van der Waals surface area contributed by atoms with E-state index >= 15 is 0 Å². The molecule has 2 fully saturated rings. The van der Waals surface area contributed by atoms with E-state index in [1.54, 1.807) is 0 Å². The minimum absolute atomic E-state index is 0.330. The maximum absolute atomic E-state index is 10.2. The van der Waals surface area contributed by atoms with Gasteiger partial charge in [-0.3, -0.25) is 0 Å². The molecule has 0 bridgehead atoms. The molecular formula is C11H20O. The lowest BCUT2D eigenvalue weighted by molar-refractivity contribution is -0.0710. The molecule has 12 heavy (non-hydrogen) atoms. The van der Waals surface area contributed by atoms with Crippen molar-refractivity contribution in [3.63, 3.8) is 0 Å². The van der Waals surface area contributed by atoms with Crippen molar-refractivity contribution < 1.29 is 5.11 Å². The van der Waals surface area contributed by atoms with Crippen LogP contribution < -0.4 is 0 Å². The molecular weight excluding hydrogens is 148 g/mol. The summed E-state index contributed by atoms with van der Waals surface area (Å²) < 4.78 is 0. The van der Waals surface area contributed by atoms with Crippen LogP contribution in [0.15, 0.2) is 0 Å². The summed E-state index contributed by atoms with van der Waals surface area (Å²) in [6.45, 7) is 2.05. The van der Waals surface area contributed by atoms with Crippen LogP contribution in [0, 0.1) is 11.8 Å². The van der Waals surface area contributed by atoms with Gasteiger partial charge >= 0.3 is 0 Å². The van der Waals surface area contributed by atoms with Crippen LogP contribution in [-0.2, 0) is 0 Å². The van der Waals surface area contributed by atoms with E-state index in [1.807, 2.05) is 0 Å². The van der Waals surface area contributed by atoms with Crippen LogP contribution in [0.2, 0.25) is 0 Å². The Labute approximate surface area is 75.2 Å². The van der Waals surface area contributed by atoms with Crippen molar-refractivity contribution in [1.82, 2.24) is 0 Å². The molecule has 2 rings (SSSR count). The fraction of sp³-hybridized carbons (Fsp3) is 1.00. The first-order valence-electron chi connectivity index (χ1n) is 5.42. The fourth-order valence-electron chi connectivity index (χ4n) is 2.93. The SMILES string of the molecule is CC1(O)CCCCC1C1CCC1. The van der Waals surface area contributed by atoms with E-state index < -0.39 is 0 Å². The van der Waals surface area contributed by atoms with Crippen LogP contribution in [0.1, 0.15) is 51.9 Å². The van der Waals surface area contributed by atoms with Gasteiger partial charge in [0.15, 0.2) is 0 Å². The summed E-state index contributed by atoms with van der Waals surface area (Å²) in [6, 6.07) is 0. The first kappa shape index (κ1) is 8.55. The van der Waals surface area contributed by atoms with Crippen LogP contribution in [0.5, 0.6) is 0 Å². The molecule has 0 heterocycles. The molecule has 1 nitrogen and oxygen atoms in total. The average molecular weight is 168 g/mol. The quantitative estimate of drug-likeness (QED) is 0.638. The highest BCUT2D eigenvalue weighted by molar-refractivity contribution is 4.92. The Morgan fingerprint density at radius 2 is 1.83 bits per heavy atom. The average Bonchev–Trinajstić information content (AvgIpc) is 1.89. The van der Waals surface area contributed by atoms with Crippen molar-refractivity contribution in [1.29, 1.82) is 0 Å². The zero-order valence-electron chi connectivity index (χ0n) is 8.05. The van der Waals surface area contributed by atoms with E-state index in [0.717, 1.165) is 12.3 Å². The van der Waals surface area contributed by atoms with Gasteiger partial charge in [-0.05, 0) is 31.6 Å². The molecule has 0 amide bonds. The van der Waals surface area contributed by atoms with Gasteiger partial charge in [0.2, 0.25) is 0 Å². The fourth-order valence-corrected chi connectivity index (χ4v) is 2.93. The van der Waals surface area contributed by atoms with Crippen molar-refractivity contribution >= 4 is 0 Å². The Bertz CT molecular complexity index is 158. The minimum atomic E-state index is -0.330. The first-order chi connectivity index (χ1) is 5.70. The lowest BCUT2D eigenvalue weighted by Crippen LogP contribution is -2.43.